The van der Waals surface area contributed by atoms with E-state index >= 15 is 0 Å². The predicted molar refractivity (Wildman–Crippen MR) is 214 cm³/mol. The molecule has 0 aromatic heterocycles. The predicted octanol–water partition coefficient (Wildman–Crippen LogP) is 4.85. The summed E-state index contributed by atoms with van der Waals surface area (Å²) < 4.78 is 22.5. The van der Waals surface area contributed by atoms with Gasteiger partial charge in [-0.1, -0.05) is 64.8 Å². The Morgan fingerprint density at radius 2 is 1.74 bits per heavy atom. The first kappa shape index (κ1) is 46.4. The van der Waals surface area contributed by atoms with Crippen LogP contribution in [-0.4, -0.2) is 103 Å². The highest BCUT2D eigenvalue weighted by molar-refractivity contribution is 8.03. The molecule has 294 valence electrons. The van der Waals surface area contributed by atoms with E-state index in [0.717, 1.165) is 11.5 Å². The molecule has 1 atom stereocenters. The van der Waals surface area contributed by atoms with E-state index in [1.54, 1.807) is 54.2 Å². The van der Waals surface area contributed by atoms with Gasteiger partial charge in [-0.05, 0) is 43.1 Å². The van der Waals surface area contributed by atoms with Crippen LogP contribution in [0.1, 0.15) is 81.8 Å². The van der Waals surface area contributed by atoms with Gasteiger partial charge in [-0.2, -0.15) is 0 Å². The van der Waals surface area contributed by atoms with E-state index in [1.807, 2.05) is 13.8 Å². The molecule has 0 aliphatic carbocycles. The number of amides is 4. The smallest absolute Gasteiger partial charge is 0.260 e. The molecule has 3 aliphatic heterocycles. The van der Waals surface area contributed by atoms with Crippen molar-refractivity contribution in [2.45, 2.75) is 78.6 Å². The lowest BCUT2D eigenvalue weighted by Gasteiger charge is -2.38. The molecule has 16 heteroatoms. The van der Waals surface area contributed by atoms with Crippen LogP contribution < -0.4 is 15.4 Å². The van der Waals surface area contributed by atoms with Gasteiger partial charge in [0.25, 0.3) is 5.91 Å². The number of aldehydes is 1. The van der Waals surface area contributed by atoms with Crippen LogP contribution >= 0.6 is 24.4 Å². The molecule has 3 fully saturated rings. The molecule has 0 saturated carbocycles. The molecule has 2 radical (unpaired) electrons. The number of halogens is 1. The van der Waals surface area contributed by atoms with E-state index in [-0.39, 0.29) is 61.9 Å². The first-order valence-electron chi connectivity index (χ1n) is 18.1. The largest absolute Gasteiger partial charge is 0.483 e. The summed E-state index contributed by atoms with van der Waals surface area (Å²) >= 11 is 4.60. The summed E-state index contributed by atoms with van der Waals surface area (Å²) in [6.07, 6.45) is 2.30. The van der Waals surface area contributed by atoms with Gasteiger partial charge >= 0.3 is 0 Å². The maximum absolute atomic E-state index is 14.5. The number of thiol groups is 1. The van der Waals surface area contributed by atoms with Crippen molar-refractivity contribution in [2.75, 3.05) is 45.2 Å². The lowest BCUT2D eigenvalue weighted by Crippen LogP contribution is -2.55. The fourth-order valence-corrected chi connectivity index (χ4v) is 6.51. The van der Waals surface area contributed by atoms with Crippen LogP contribution in [0.25, 0.3) is 0 Å². The van der Waals surface area contributed by atoms with E-state index in [2.05, 4.69) is 55.3 Å². The van der Waals surface area contributed by atoms with Crippen molar-refractivity contribution >= 4 is 72.9 Å². The number of imide groups is 1. The Morgan fingerprint density at radius 1 is 1.09 bits per heavy atom. The SMILES string of the molecule is CC.CC(C)C.CN(Cc1c(C=O)cccc1OCC(=O)N1CC(C(=O)Nc2cc(CSN3CCC(=O)CC3)ccc2F)C1)C1CCC(=O)NC1=O.[B]S. The van der Waals surface area contributed by atoms with Gasteiger partial charge in [-0.3, -0.25) is 39.0 Å². The number of hydrogen-bond donors (Lipinski definition) is 3. The van der Waals surface area contributed by atoms with Gasteiger partial charge in [0.05, 0.1) is 17.6 Å². The standard InChI is InChI=1S/C32H36FN5O7S.C4H10.C2H6.BHS/c1-36(27-7-8-29(41)35-32(27)44)16-24-21(17-39)3-2-4-28(24)45-18-30(42)37-14-22(15-37)31(43)34-26-13-20(5-6-25(26)33)19-46-38-11-9-23(40)10-12-38;1-4(2)3;2*1-2/h2-6,13,17,22,27H,7-12,14-16,18-19H2,1H3,(H,34,43)(H,35,41,44);4H,1-3H3;1-2H3;2H. The van der Waals surface area contributed by atoms with E-state index in [1.165, 1.54) is 11.0 Å². The fraction of sp³-hybridized carbons (Fsp3) is 0.526. The first-order chi connectivity index (χ1) is 25.8. The minimum atomic E-state index is -0.557. The number of piperidine rings is 2. The highest BCUT2D eigenvalue weighted by atomic mass is 32.2. The third-order valence-electron chi connectivity index (χ3n) is 8.38. The van der Waals surface area contributed by atoms with E-state index in [4.69, 9.17) is 4.74 Å². The Balaban J connectivity index is 0.00000116. The van der Waals surface area contributed by atoms with Crippen LogP contribution in [0.15, 0.2) is 36.4 Å². The average molecular weight is 786 g/mol. The number of benzene rings is 2. The number of likely N-dealkylation sites (tertiary alicyclic amines) is 1. The molecular weight excluding hydrogens is 732 g/mol. The Labute approximate surface area is 329 Å². The van der Waals surface area contributed by atoms with Crippen molar-refractivity contribution in [1.82, 2.24) is 19.4 Å². The number of ether oxygens (including phenoxy) is 1. The number of anilines is 1. The topological polar surface area (TPSA) is 145 Å². The van der Waals surface area contributed by atoms with Crippen LogP contribution in [0.2, 0.25) is 0 Å². The molecule has 0 bridgehead atoms. The molecule has 1 unspecified atom stereocenters. The molecule has 3 aliphatic rings. The molecule has 2 aromatic rings. The number of likely N-dealkylation sites (N-methyl/N-ethyl adjacent to an activating group) is 1. The molecule has 4 amide bonds. The van der Waals surface area contributed by atoms with E-state index < -0.39 is 23.7 Å². The summed E-state index contributed by atoms with van der Waals surface area (Å²) in [5.74, 6) is -0.544. The second-order valence-corrected chi connectivity index (χ2v) is 14.4. The highest BCUT2D eigenvalue weighted by Gasteiger charge is 2.36. The zero-order valence-electron chi connectivity index (χ0n) is 32.1. The fourth-order valence-electron chi connectivity index (χ4n) is 5.56. The normalized spacial score (nSPS) is 17.1. The van der Waals surface area contributed by atoms with Crippen molar-refractivity contribution in [2.24, 2.45) is 11.8 Å². The number of nitrogens with zero attached hydrogens (tertiary/aromatic N) is 3. The zero-order chi connectivity index (χ0) is 40.4. The maximum atomic E-state index is 14.5. The molecule has 12 nitrogen and oxygen atoms in total. The Hall–Kier alpha value is -3.73. The lowest BCUT2D eigenvalue weighted by atomic mass is 9.99. The molecule has 2 aromatic carbocycles. The third-order valence-corrected chi connectivity index (χ3v) is 9.58. The average Bonchev–Trinajstić information content (AvgIpc) is 3.13. The Bertz CT molecular complexity index is 1580. The molecular formula is C38H53BFN5O7S2. The summed E-state index contributed by atoms with van der Waals surface area (Å²) in [6.45, 7) is 12.0. The van der Waals surface area contributed by atoms with E-state index in [0.29, 0.717) is 61.3 Å². The van der Waals surface area contributed by atoms with Crippen LogP contribution in [0.4, 0.5) is 10.1 Å². The van der Waals surface area contributed by atoms with Gasteiger partial charge in [0.2, 0.25) is 17.7 Å². The van der Waals surface area contributed by atoms with Gasteiger partial charge in [0.15, 0.2) is 20.0 Å². The molecule has 5 rings (SSSR count). The monoisotopic (exact) mass is 785 g/mol. The van der Waals surface area contributed by atoms with Crippen molar-refractivity contribution in [3.63, 3.8) is 0 Å². The molecule has 54 heavy (non-hydrogen) atoms. The molecule has 3 heterocycles. The second-order valence-electron chi connectivity index (χ2n) is 13.4. The van der Waals surface area contributed by atoms with Gasteiger partial charge in [-0.25, -0.2) is 21.2 Å². The van der Waals surface area contributed by atoms with Gasteiger partial charge in [0, 0.05) is 68.9 Å². The lowest BCUT2D eigenvalue weighted by molar-refractivity contribution is -0.143. The maximum Gasteiger partial charge on any atom is 0.260 e. The molecule has 2 N–H and O–H groups in total. The van der Waals surface area contributed by atoms with Crippen molar-refractivity contribution in [3.8, 4) is 5.75 Å². The number of ketones is 1. The van der Waals surface area contributed by atoms with E-state index in [9.17, 15) is 33.2 Å². The molecule has 3 saturated heterocycles. The Morgan fingerprint density at radius 3 is 2.35 bits per heavy atom. The first-order valence-corrected chi connectivity index (χ1v) is 19.6. The van der Waals surface area contributed by atoms with Crippen molar-refractivity contribution in [1.29, 1.82) is 0 Å². The van der Waals surface area contributed by atoms with Crippen LogP contribution in [0.3, 0.4) is 0 Å². The summed E-state index contributed by atoms with van der Waals surface area (Å²) in [5, 5.41) is 4.97. The summed E-state index contributed by atoms with van der Waals surface area (Å²) in [5.41, 5.74) is 1.77. The summed E-state index contributed by atoms with van der Waals surface area (Å²) in [4.78, 5) is 76.0. The number of rotatable bonds is 12. The number of Topliss-reactive ketones (excluding diaryl/α,β-unsaturated/α-hetero) is 1. The van der Waals surface area contributed by atoms with Crippen LogP contribution in [0.5, 0.6) is 5.75 Å². The van der Waals surface area contributed by atoms with Crippen LogP contribution in [0, 0.1) is 17.7 Å². The third kappa shape index (κ3) is 14.5. The minimum absolute atomic E-state index is 0.0786. The Kier molecular flexibility index (Phi) is 20.6. The number of hydrogen-bond acceptors (Lipinski definition) is 11. The number of carbonyl (C=O) groups is 6. The minimum Gasteiger partial charge on any atom is -0.483 e. The van der Waals surface area contributed by atoms with Gasteiger partial charge in [-0.15, -0.1) is 0 Å². The van der Waals surface area contributed by atoms with Gasteiger partial charge < -0.3 is 15.0 Å². The second kappa shape index (κ2) is 23.9. The van der Waals surface area contributed by atoms with Crippen molar-refractivity contribution < 1.29 is 37.9 Å². The quantitative estimate of drug-likeness (QED) is 0.0898. The summed E-state index contributed by atoms with van der Waals surface area (Å²) in [7, 11) is 5.91. The van der Waals surface area contributed by atoms with Crippen LogP contribution in [-0.2, 0) is 36.3 Å². The summed E-state index contributed by atoms with van der Waals surface area (Å²) in [6, 6.07) is 8.91. The van der Waals surface area contributed by atoms with Crippen molar-refractivity contribution in [3.05, 3.63) is 58.9 Å². The molecule has 0 spiro atoms. The number of nitrogens with one attached hydrogen (secondary N) is 2. The van der Waals surface area contributed by atoms with Gasteiger partial charge in [0.1, 0.15) is 17.3 Å². The number of carbonyl (C=O) groups excluding carboxylic acids is 6. The zero-order valence-corrected chi connectivity index (χ0v) is 33.8. The highest BCUT2D eigenvalue weighted by Crippen LogP contribution is 2.27.